The molecule has 1 N–H and O–H groups in total. The minimum absolute atomic E-state index is 0.0101. The van der Waals surface area contributed by atoms with Crippen molar-refractivity contribution in [3.63, 3.8) is 0 Å². The molecule has 7 nitrogen and oxygen atoms in total. The summed E-state index contributed by atoms with van der Waals surface area (Å²) in [6.45, 7) is 0.287. The van der Waals surface area contributed by atoms with Gasteiger partial charge >= 0.3 is 0 Å². The molecule has 30 heavy (non-hydrogen) atoms. The number of pyridine rings is 1. The summed E-state index contributed by atoms with van der Waals surface area (Å²) in [6, 6.07) is 13.3. The predicted octanol–water partition coefficient (Wildman–Crippen LogP) is 3.35. The molecule has 3 aromatic rings. The maximum Gasteiger partial charge on any atom is 0.295 e. The Bertz CT molecular complexity index is 1070. The SMILES string of the molecule is COc1ccc(CCN2C(=O)C(=O)/C(=C(\O)c3ccncc3)C2c2ccco2)cc1. The third-order valence-corrected chi connectivity index (χ3v) is 5.11. The average Bonchev–Trinajstić information content (AvgIpc) is 3.40. The summed E-state index contributed by atoms with van der Waals surface area (Å²) in [5, 5.41) is 10.8. The number of carbonyl (C=O) groups excluding carboxylic acids is 2. The van der Waals surface area contributed by atoms with Crippen molar-refractivity contribution in [3.8, 4) is 5.75 Å². The first kappa shape index (κ1) is 19.4. The molecule has 0 radical (unpaired) electrons. The lowest BCUT2D eigenvalue weighted by Gasteiger charge is -2.23. The number of methoxy groups -OCH3 is 1. The smallest absolute Gasteiger partial charge is 0.295 e. The van der Waals surface area contributed by atoms with Crippen LogP contribution in [-0.2, 0) is 16.0 Å². The number of likely N-dealkylation sites (tertiary alicyclic amines) is 1. The second-order valence-electron chi connectivity index (χ2n) is 6.84. The number of carbonyl (C=O) groups is 2. The van der Waals surface area contributed by atoms with Crippen LogP contribution in [0.4, 0.5) is 0 Å². The second-order valence-corrected chi connectivity index (χ2v) is 6.84. The van der Waals surface area contributed by atoms with E-state index in [9.17, 15) is 14.7 Å². The summed E-state index contributed by atoms with van der Waals surface area (Å²) in [6.07, 6.45) is 5.03. The predicted molar refractivity (Wildman–Crippen MR) is 109 cm³/mol. The molecule has 152 valence electrons. The van der Waals surface area contributed by atoms with Gasteiger partial charge in [-0.15, -0.1) is 0 Å². The minimum atomic E-state index is -0.800. The lowest BCUT2D eigenvalue weighted by molar-refractivity contribution is -0.140. The summed E-state index contributed by atoms with van der Waals surface area (Å²) >= 11 is 0. The number of Topliss-reactive ketones (excluding diaryl/α,β-unsaturated/α-hetero) is 1. The van der Waals surface area contributed by atoms with E-state index in [-0.39, 0.29) is 17.9 Å². The van der Waals surface area contributed by atoms with E-state index >= 15 is 0 Å². The van der Waals surface area contributed by atoms with Crippen molar-refractivity contribution < 1.29 is 23.8 Å². The summed E-state index contributed by atoms with van der Waals surface area (Å²) < 4.78 is 10.7. The first-order valence-corrected chi connectivity index (χ1v) is 9.45. The van der Waals surface area contributed by atoms with Crippen molar-refractivity contribution in [3.05, 3.63) is 89.6 Å². The fraction of sp³-hybridized carbons (Fsp3) is 0.174. The molecule has 0 spiro atoms. The van der Waals surface area contributed by atoms with Crippen LogP contribution in [0.5, 0.6) is 5.75 Å². The molecule has 7 heteroatoms. The number of benzene rings is 1. The number of furan rings is 1. The standard InChI is InChI=1S/C23H20N2O5/c1-29-17-6-4-15(5-7-17)10-13-25-20(18-3-2-14-30-18)19(22(27)23(25)28)21(26)16-8-11-24-12-9-16/h2-9,11-12,14,20,26H,10,13H2,1H3/b21-19-. The van der Waals surface area contributed by atoms with Crippen LogP contribution in [0.2, 0.25) is 0 Å². The van der Waals surface area contributed by atoms with Crippen molar-refractivity contribution >= 4 is 17.4 Å². The highest BCUT2D eigenvalue weighted by atomic mass is 16.5. The van der Waals surface area contributed by atoms with Gasteiger partial charge in [0.2, 0.25) is 0 Å². The van der Waals surface area contributed by atoms with Crippen LogP contribution < -0.4 is 4.74 Å². The zero-order valence-electron chi connectivity index (χ0n) is 16.3. The summed E-state index contributed by atoms with van der Waals surface area (Å²) in [7, 11) is 1.60. The van der Waals surface area contributed by atoms with Crippen LogP contribution in [0.25, 0.3) is 5.76 Å². The number of amides is 1. The van der Waals surface area contributed by atoms with E-state index in [1.54, 1.807) is 31.4 Å². The van der Waals surface area contributed by atoms with E-state index in [0.717, 1.165) is 11.3 Å². The normalized spacial score (nSPS) is 18.0. The topological polar surface area (TPSA) is 92.9 Å². The van der Waals surface area contributed by atoms with Crippen LogP contribution in [0.1, 0.15) is 22.9 Å². The quantitative estimate of drug-likeness (QED) is 0.385. The van der Waals surface area contributed by atoms with Gasteiger partial charge < -0.3 is 19.2 Å². The minimum Gasteiger partial charge on any atom is -0.507 e. The molecule has 1 unspecified atom stereocenters. The highest BCUT2D eigenvalue weighted by Crippen LogP contribution is 2.39. The summed E-state index contributed by atoms with van der Waals surface area (Å²) in [4.78, 5) is 31.1. The molecular weight excluding hydrogens is 384 g/mol. The summed E-state index contributed by atoms with van der Waals surface area (Å²) in [5.74, 6) is -0.489. The molecule has 1 amide bonds. The Labute approximate surface area is 173 Å². The molecule has 3 heterocycles. The van der Waals surface area contributed by atoms with Crippen LogP contribution >= 0.6 is 0 Å². The fourth-order valence-corrected chi connectivity index (χ4v) is 3.56. The zero-order chi connectivity index (χ0) is 21.1. The van der Waals surface area contributed by atoms with E-state index in [4.69, 9.17) is 9.15 Å². The Hall–Kier alpha value is -3.87. The number of aromatic nitrogens is 1. The maximum atomic E-state index is 12.8. The monoisotopic (exact) mass is 404 g/mol. The van der Waals surface area contributed by atoms with E-state index in [0.29, 0.717) is 17.7 Å². The van der Waals surface area contributed by atoms with Crippen molar-refractivity contribution in [1.29, 1.82) is 0 Å². The average molecular weight is 404 g/mol. The molecule has 4 rings (SSSR count). The van der Waals surface area contributed by atoms with Crippen molar-refractivity contribution in [2.24, 2.45) is 0 Å². The fourth-order valence-electron chi connectivity index (χ4n) is 3.56. The lowest BCUT2D eigenvalue weighted by Crippen LogP contribution is -2.31. The Balaban J connectivity index is 1.69. The number of nitrogens with zero attached hydrogens (tertiary/aromatic N) is 2. The van der Waals surface area contributed by atoms with Crippen molar-refractivity contribution in [2.75, 3.05) is 13.7 Å². The molecule has 1 aliphatic heterocycles. The maximum absolute atomic E-state index is 12.8. The van der Waals surface area contributed by atoms with Gasteiger partial charge in [-0.05, 0) is 48.4 Å². The van der Waals surface area contributed by atoms with Gasteiger partial charge in [-0.3, -0.25) is 14.6 Å². The van der Waals surface area contributed by atoms with Crippen LogP contribution in [0.3, 0.4) is 0 Å². The van der Waals surface area contributed by atoms with Gasteiger partial charge in [0.05, 0.1) is 18.9 Å². The van der Waals surface area contributed by atoms with Crippen LogP contribution in [0, 0.1) is 0 Å². The van der Waals surface area contributed by atoms with Crippen molar-refractivity contribution in [1.82, 2.24) is 9.88 Å². The molecule has 1 saturated heterocycles. The largest absolute Gasteiger partial charge is 0.507 e. The lowest BCUT2D eigenvalue weighted by atomic mass is 9.99. The number of ketones is 1. The number of aliphatic hydroxyl groups excluding tert-OH is 1. The molecule has 0 aliphatic carbocycles. The van der Waals surface area contributed by atoms with E-state index in [1.807, 2.05) is 24.3 Å². The van der Waals surface area contributed by atoms with Gasteiger partial charge in [0.15, 0.2) is 0 Å². The Morgan fingerprint density at radius 2 is 1.87 bits per heavy atom. The summed E-state index contributed by atoms with van der Waals surface area (Å²) in [5.41, 5.74) is 1.41. The van der Waals surface area contributed by atoms with E-state index in [1.165, 1.54) is 23.6 Å². The molecular formula is C23H20N2O5. The number of rotatable bonds is 6. The highest BCUT2D eigenvalue weighted by molar-refractivity contribution is 6.46. The van der Waals surface area contributed by atoms with Gasteiger partial charge in [0.25, 0.3) is 11.7 Å². The zero-order valence-corrected chi connectivity index (χ0v) is 16.3. The number of aliphatic hydroxyl groups is 1. The molecule has 1 fully saturated rings. The molecule has 1 aliphatic rings. The molecule has 1 atom stereocenters. The molecule has 1 aromatic carbocycles. The first-order chi connectivity index (χ1) is 14.6. The third-order valence-electron chi connectivity index (χ3n) is 5.11. The third kappa shape index (κ3) is 3.57. The van der Waals surface area contributed by atoms with Gasteiger partial charge in [0.1, 0.15) is 23.3 Å². The highest BCUT2D eigenvalue weighted by Gasteiger charge is 2.47. The number of hydrogen-bond acceptors (Lipinski definition) is 6. The Morgan fingerprint density at radius 3 is 2.50 bits per heavy atom. The molecule has 0 saturated carbocycles. The first-order valence-electron chi connectivity index (χ1n) is 9.45. The van der Waals surface area contributed by atoms with Crippen LogP contribution in [0.15, 0.2) is 77.2 Å². The van der Waals surface area contributed by atoms with Gasteiger partial charge in [-0.25, -0.2) is 0 Å². The van der Waals surface area contributed by atoms with Crippen LogP contribution in [-0.4, -0.2) is 40.3 Å². The van der Waals surface area contributed by atoms with Gasteiger partial charge in [-0.2, -0.15) is 0 Å². The van der Waals surface area contributed by atoms with Gasteiger partial charge in [0, 0.05) is 24.5 Å². The molecule has 2 aromatic heterocycles. The van der Waals surface area contributed by atoms with Gasteiger partial charge in [-0.1, -0.05) is 12.1 Å². The van der Waals surface area contributed by atoms with Crippen molar-refractivity contribution in [2.45, 2.75) is 12.5 Å². The second kappa shape index (κ2) is 8.24. The van der Waals surface area contributed by atoms with E-state index in [2.05, 4.69) is 4.98 Å². The number of ether oxygens (including phenoxy) is 1. The molecule has 0 bridgehead atoms. The van der Waals surface area contributed by atoms with E-state index < -0.39 is 17.7 Å². The number of hydrogen-bond donors (Lipinski definition) is 1. The Kier molecular flexibility index (Phi) is 5.34. The Morgan fingerprint density at radius 1 is 1.13 bits per heavy atom.